The molecule has 134 valence electrons. The van der Waals surface area contributed by atoms with Gasteiger partial charge in [-0.15, -0.1) is 11.3 Å². The van der Waals surface area contributed by atoms with E-state index in [1.165, 1.54) is 27.8 Å². The fraction of sp³-hybridized carbons (Fsp3) is 0.316. The molecule has 1 aliphatic rings. The Morgan fingerprint density at radius 1 is 1.23 bits per heavy atom. The van der Waals surface area contributed by atoms with Gasteiger partial charge < -0.3 is 10.6 Å². The number of carbonyl (C=O) groups is 1. The van der Waals surface area contributed by atoms with Crippen molar-refractivity contribution in [3.63, 3.8) is 0 Å². The number of nitrogens with zero attached hydrogens (tertiary/aromatic N) is 3. The number of aryl methyl sites for hydroxylation is 1. The number of carbonyl (C=O) groups excluding carboxylic acids is 1. The molecule has 3 heterocycles. The van der Waals surface area contributed by atoms with Crippen LogP contribution >= 0.6 is 11.3 Å². The van der Waals surface area contributed by atoms with E-state index in [-0.39, 0.29) is 29.8 Å². The third kappa shape index (κ3) is 3.15. The monoisotopic (exact) mass is 368 g/mol. The Kier molecular flexibility index (Phi) is 4.57. The highest BCUT2D eigenvalue weighted by molar-refractivity contribution is 7.16. The van der Waals surface area contributed by atoms with E-state index < -0.39 is 0 Å². The van der Waals surface area contributed by atoms with E-state index in [1.807, 2.05) is 28.5 Å². The Morgan fingerprint density at radius 3 is 2.85 bits per heavy atom. The molecule has 3 aromatic rings. The summed E-state index contributed by atoms with van der Waals surface area (Å²) in [5.41, 5.74) is 7.34. The van der Waals surface area contributed by atoms with Crippen molar-refractivity contribution in [2.75, 3.05) is 13.1 Å². The Balaban J connectivity index is 1.42. The van der Waals surface area contributed by atoms with Gasteiger partial charge in [0.15, 0.2) is 0 Å². The average molecular weight is 368 g/mol. The van der Waals surface area contributed by atoms with Crippen LogP contribution in [-0.2, 0) is 11.3 Å². The molecule has 2 atom stereocenters. The highest BCUT2D eigenvalue weighted by atomic mass is 32.1. The molecule has 1 aliphatic heterocycles. The van der Waals surface area contributed by atoms with E-state index in [9.17, 15) is 9.59 Å². The van der Waals surface area contributed by atoms with Gasteiger partial charge in [0.25, 0.3) is 5.56 Å². The smallest absolute Gasteiger partial charge is 0.262 e. The third-order valence-corrected chi connectivity index (χ3v) is 5.78. The van der Waals surface area contributed by atoms with Crippen LogP contribution in [0.15, 0.2) is 52.9 Å². The van der Waals surface area contributed by atoms with Crippen molar-refractivity contribution in [2.24, 2.45) is 5.73 Å². The van der Waals surface area contributed by atoms with Crippen LogP contribution in [-0.4, -0.2) is 39.5 Å². The second-order valence-corrected chi connectivity index (χ2v) is 7.51. The van der Waals surface area contributed by atoms with Crippen LogP contribution in [0.4, 0.5) is 0 Å². The van der Waals surface area contributed by atoms with Gasteiger partial charge in [-0.2, -0.15) is 0 Å². The van der Waals surface area contributed by atoms with Crippen molar-refractivity contribution >= 4 is 27.5 Å². The first-order chi connectivity index (χ1) is 12.6. The third-order valence-electron chi connectivity index (χ3n) is 4.96. The molecule has 2 N–H and O–H groups in total. The fourth-order valence-electron chi connectivity index (χ4n) is 3.51. The maximum absolute atomic E-state index is 12.6. The summed E-state index contributed by atoms with van der Waals surface area (Å²) in [5, 5.41) is 2.46. The molecule has 4 rings (SSSR count). The van der Waals surface area contributed by atoms with E-state index in [4.69, 9.17) is 5.73 Å². The van der Waals surface area contributed by atoms with E-state index in [2.05, 4.69) is 17.1 Å². The molecule has 0 bridgehead atoms. The molecule has 2 aromatic heterocycles. The average Bonchev–Trinajstić information content (AvgIpc) is 3.29. The number of rotatable bonds is 4. The van der Waals surface area contributed by atoms with Gasteiger partial charge in [-0.1, -0.05) is 30.3 Å². The quantitative estimate of drug-likeness (QED) is 0.761. The number of hydrogen-bond donors (Lipinski definition) is 1. The lowest BCUT2D eigenvalue weighted by Gasteiger charge is -2.17. The lowest BCUT2D eigenvalue weighted by atomic mass is 9.95. The van der Waals surface area contributed by atoms with Crippen LogP contribution in [0.2, 0.25) is 0 Å². The van der Waals surface area contributed by atoms with Crippen LogP contribution in [0, 0.1) is 0 Å². The number of thiophene rings is 1. The number of aromatic nitrogens is 2. The van der Waals surface area contributed by atoms with Crippen molar-refractivity contribution in [1.29, 1.82) is 0 Å². The Bertz CT molecular complexity index is 982. The van der Waals surface area contributed by atoms with Gasteiger partial charge in [0.1, 0.15) is 4.83 Å². The summed E-state index contributed by atoms with van der Waals surface area (Å²) in [5.74, 6) is 0.183. The van der Waals surface area contributed by atoms with Crippen molar-refractivity contribution in [1.82, 2.24) is 14.5 Å². The summed E-state index contributed by atoms with van der Waals surface area (Å²) in [6.07, 6.45) is 1.79. The summed E-state index contributed by atoms with van der Waals surface area (Å²) < 4.78 is 1.51. The SMILES string of the molecule is N[C@@H]1CN(C(=O)CCn2cnc3sccc3c2=O)C[C@H]1c1ccccc1. The number of fused-ring (bicyclic) bond motifs is 1. The molecular formula is C19H20N4O2S. The van der Waals surface area contributed by atoms with E-state index in [1.54, 1.807) is 6.07 Å². The molecule has 0 aliphatic carbocycles. The minimum absolute atomic E-state index is 0.0243. The van der Waals surface area contributed by atoms with Gasteiger partial charge in [-0.25, -0.2) is 4.98 Å². The van der Waals surface area contributed by atoms with Crippen LogP contribution in [0.3, 0.4) is 0 Å². The Morgan fingerprint density at radius 2 is 2.04 bits per heavy atom. The zero-order valence-corrected chi connectivity index (χ0v) is 15.1. The predicted octanol–water partition coefficient (Wildman–Crippen LogP) is 1.80. The number of benzene rings is 1. The number of hydrogen-bond acceptors (Lipinski definition) is 5. The zero-order valence-electron chi connectivity index (χ0n) is 14.2. The van der Waals surface area contributed by atoms with Gasteiger partial charge in [0, 0.05) is 38.0 Å². The maximum atomic E-state index is 12.6. The van der Waals surface area contributed by atoms with E-state index in [0.29, 0.717) is 25.0 Å². The normalized spacial score (nSPS) is 20.0. The first-order valence-electron chi connectivity index (χ1n) is 8.64. The molecule has 1 fully saturated rings. The second-order valence-electron chi connectivity index (χ2n) is 6.61. The number of likely N-dealkylation sites (tertiary alicyclic amines) is 1. The molecule has 1 aromatic carbocycles. The first kappa shape index (κ1) is 16.9. The van der Waals surface area contributed by atoms with Crippen molar-refractivity contribution < 1.29 is 4.79 Å². The largest absolute Gasteiger partial charge is 0.340 e. The molecule has 26 heavy (non-hydrogen) atoms. The van der Waals surface area contributed by atoms with Gasteiger partial charge in [0.2, 0.25) is 5.91 Å². The molecule has 0 spiro atoms. The number of amides is 1. The first-order valence-corrected chi connectivity index (χ1v) is 9.52. The summed E-state index contributed by atoms with van der Waals surface area (Å²) >= 11 is 1.44. The molecule has 6 nitrogen and oxygen atoms in total. The molecule has 7 heteroatoms. The summed E-state index contributed by atoms with van der Waals surface area (Å²) in [4.78, 5) is 31.8. The van der Waals surface area contributed by atoms with Crippen molar-refractivity contribution in [3.8, 4) is 0 Å². The molecule has 1 saturated heterocycles. The summed E-state index contributed by atoms with van der Waals surface area (Å²) in [6, 6.07) is 11.8. The Hall–Kier alpha value is -2.51. The van der Waals surface area contributed by atoms with Crippen LogP contribution in [0.5, 0.6) is 0 Å². The minimum atomic E-state index is -0.0932. The second kappa shape index (κ2) is 7.01. The molecule has 0 saturated carbocycles. The number of nitrogens with two attached hydrogens (primary N) is 1. The lowest BCUT2D eigenvalue weighted by molar-refractivity contribution is -0.130. The van der Waals surface area contributed by atoms with E-state index in [0.717, 1.165) is 4.83 Å². The Labute approximate surface area is 154 Å². The zero-order chi connectivity index (χ0) is 18.1. The van der Waals surface area contributed by atoms with Gasteiger partial charge in [-0.05, 0) is 17.0 Å². The van der Waals surface area contributed by atoms with E-state index >= 15 is 0 Å². The molecule has 0 unspecified atom stereocenters. The van der Waals surface area contributed by atoms with Gasteiger partial charge in [0.05, 0.1) is 11.7 Å². The van der Waals surface area contributed by atoms with Gasteiger partial charge in [-0.3, -0.25) is 14.2 Å². The topological polar surface area (TPSA) is 81.2 Å². The fourth-order valence-corrected chi connectivity index (χ4v) is 4.24. The lowest BCUT2D eigenvalue weighted by Crippen LogP contribution is -2.33. The van der Waals surface area contributed by atoms with Crippen LogP contribution in [0.25, 0.3) is 10.2 Å². The van der Waals surface area contributed by atoms with Crippen LogP contribution in [0.1, 0.15) is 17.9 Å². The predicted molar refractivity (Wildman–Crippen MR) is 102 cm³/mol. The maximum Gasteiger partial charge on any atom is 0.262 e. The summed E-state index contributed by atoms with van der Waals surface area (Å²) in [7, 11) is 0. The van der Waals surface area contributed by atoms with Crippen LogP contribution < -0.4 is 11.3 Å². The van der Waals surface area contributed by atoms with Gasteiger partial charge >= 0.3 is 0 Å². The minimum Gasteiger partial charge on any atom is -0.340 e. The molecule has 0 radical (unpaired) electrons. The highest BCUT2D eigenvalue weighted by Crippen LogP contribution is 2.26. The van der Waals surface area contributed by atoms with Crippen molar-refractivity contribution in [3.05, 3.63) is 64.0 Å². The molecule has 1 amide bonds. The summed E-state index contributed by atoms with van der Waals surface area (Å²) in [6.45, 7) is 1.51. The van der Waals surface area contributed by atoms with Crippen molar-refractivity contribution in [2.45, 2.75) is 24.9 Å². The standard InChI is InChI=1S/C19H20N4O2S/c20-16-11-23(10-15(16)13-4-2-1-3-5-13)17(24)6-8-22-12-21-18-14(19(22)25)7-9-26-18/h1-5,7,9,12,15-16H,6,8,10-11,20H2/t15-,16+/m0/s1. The molecular weight excluding hydrogens is 348 g/mol. The highest BCUT2D eigenvalue weighted by Gasteiger charge is 2.33.